The summed E-state index contributed by atoms with van der Waals surface area (Å²) in [7, 11) is 0. The Morgan fingerprint density at radius 1 is 1.25 bits per heavy atom. The Bertz CT molecular complexity index is 311. The van der Waals surface area contributed by atoms with Crippen LogP contribution in [0.4, 0.5) is 0 Å². The number of carbonyl (C=O) groups is 2. The molecule has 1 rings (SSSR count). The summed E-state index contributed by atoms with van der Waals surface area (Å²) in [4.78, 5) is 22.8. The Kier molecular flexibility index (Phi) is 7.59. The van der Waals surface area contributed by atoms with Gasteiger partial charge < -0.3 is 15.2 Å². The number of carbonyl (C=O) groups excluding carboxylic acids is 1. The summed E-state index contributed by atoms with van der Waals surface area (Å²) in [5, 5.41) is 11.5. The third-order valence-corrected chi connectivity index (χ3v) is 4.07. The average Bonchev–Trinajstić information content (AvgIpc) is 2.88. The monoisotopic (exact) mass is 285 g/mol. The number of hydrogen-bond acceptors (Lipinski definition) is 3. The molecule has 1 fully saturated rings. The zero-order valence-corrected chi connectivity index (χ0v) is 12.5. The molecule has 0 aromatic heterocycles. The molecule has 1 aliphatic carbocycles. The number of nitrogens with one attached hydrogen (secondary N) is 1. The zero-order chi connectivity index (χ0) is 14.8. The van der Waals surface area contributed by atoms with E-state index in [1.165, 1.54) is 0 Å². The molecule has 0 aromatic carbocycles. The Hall–Kier alpha value is -1.10. The van der Waals surface area contributed by atoms with Crippen molar-refractivity contribution in [3.63, 3.8) is 0 Å². The summed E-state index contributed by atoms with van der Waals surface area (Å²) in [6.45, 7) is 3.86. The van der Waals surface area contributed by atoms with E-state index in [-0.39, 0.29) is 17.7 Å². The fourth-order valence-electron chi connectivity index (χ4n) is 2.84. The first-order valence-electron chi connectivity index (χ1n) is 7.68. The van der Waals surface area contributed by atoms with Crippen molar-refractivity contribution in [1.29, 1.82) is 0 Å². The van der Waals surface area contributed by atoms with Crippen LogP contribution in [0.25, 0.3) is 0 Å². The van der Waals surface area contributed by atoms with Gasteiger partial charge in [0.2, 0.25) is 5.91 Å². The first kappa shape index (κ1) is 17.0. The number of ether oxygens (including phenoxy) is 1. The van der Waals surface area contributed by atoms with E-state index in [0.29, 0.717) is 26.2 Å². The highest BCUT2D eigenvalue weighted by Crippen LogP contribution is 2.41. The van der Waals surface area contributed by atoms with Gasteiger partial charge in [0.15, 0.2) is 0 Å². The largest absolute Gasteiger partial charge is 0.481 e. The second kappa shape index (κ2) is 8.95. The van der Waals surface area contributed by atoms with Gasteiger partial charge in [-0.25, -0.2) is 0 Å². The molecule has 0 aliphatic heterocycles. The molecule has 0 spiro atoms. The summed E-state index contributed by atoms with van der Waals surface area (Å²) in [6.07, 6.45) is 6.41. The standard InChI is InChI=1S/C15H27NO4/c1-2-20-12-10-15(8-4-5-9-15)14(19)16-11-6-3-7-13(17)18/h2-12H2,1H3,(H,16,19)(H,17,18). The fourth-order valence-corrected chi connectivity index (χ4v) is 2.84. The first-order valence-corrected chi connectivity index (χ1v) is 7.68. The smallest absolute Gasteiger partial charge is 0.303 e. The molecule has 5 heteroatoms. The van der Waals surface area contributed by atoms with Gasteiger partial charge in [-0.05, 0) is 39.0 Å². The molecule has 116 valence electrons. The molecule has 0 radical (unpaired) electrons. The maximum absolute atomic E-state index is 12.4. The summed E-state index contributed by atoms with van der Waals surface area (Å²) in [6, 6.07) is 0. The van der Waals surface area contributed by atoms with E-state index in [2.05, 4.69) is 5.32 Å². The summed E-state index contributed by atoms with van der Waals surface area (Å²) >= 11 is 0. The molecule has 0 aromatic rings. The molecular weight excluding hydrogens is 258 g/mol. The lowest BCUT2D eigenvalue weighted by Gasteiger charge is -2.27. The van der Waals surface area contributed by atoms with Gasteiger partial charge in [-0.2, -0.15) is 0 Å². The van der Waals surface area contributed by atoms with Crippen LogP contribution >= 0.6 is 0 Å². The minimum atomic E-state index is -0.777. The molecule has 0 saturated heterocycles. The molecule has 1 amide bonds. The van der Waals surface area contributed by atoms with Crippen LogP contribution in [0.5, 0.6) is 0 Å². The molecular formula is C15H27NO4. The molecule has 5 nitrogen and oxygen atoms in total. The van der Waals surface area contributed by atoms with E-state index in [9.17, 15) is 9.59 Å². The van der Waals surface area contributed by atoms with Gasteiger partial charge in [0.25, 0.3) is 0 Å². The SMILES string of the molecule is CCOCCC1(C(=O)NCCCCC(=O)O)CCCC1. The van der Waals surface area contributed by atoms with Crippen LogP contribution in [-0.4, -0.2) is 36.7 Å². The minimum Gasteiger partial charge on any atom is -0.481 e. The highest BCUT2D eigenvalue weighted by molar-refractivity contribution is 5.82. The second-order valence-electron chi connectivity index (χ2n) is 5.54. The minimum absolute atomic E-state index is 0.130. The summed E-state index contributed by atoms with van der Waals surface area (Å²) < 4.78 is 5.39. The van der Waals surface area contributed by atoms with Gasteiger partial charge >= 0.3 is 5.97 Å². The van der Waals surface area contributed by atoms with E-state index >= 15 is 0 Å². The van der Waals surface area contributed by atoms with Crippen LogP contribution in [0.2, 0.25) is 0 Å². The Morgan fingerprint density at radius 3 is 2.55 bits per heavy atom. The van der Waals surface area contributed by atoms with Crippen molar-refractivity contribution >= 4 is 11.9 Å². The molecule has 0 heterocycles. The summed E-state index contributed by atoms with van der Waals surface area (Å²) in [5.41, 5.74) is -0.248. The van der Waals surface area contributed by atoms with E-state index in [1.54, 1.807) is 0 Å². The number of unbranched alkanes of at least 4 members (excludes halogenated alkanes) is 1. The van der Waals surface area contributed by atoms with Crippen molar-refractivity contribution in [3.8, 4) is 0 Å². The number of hydrogen-bond donors (Lipinski definition) is 2. The predicted octanol–water partition coefficient (Wildman–Crippen LogP) is 2.34. The van der Waals surface area contributed by atoms with Gasteiger partial charge in [-0.15, -0.1) is 0 Å². The fraction of sp³-hybridized carbons (Fsp3) is 0.867. The zero-order valence-electron chi connectivity index (χ0n) is 12.5. The van der Waals surface area contributed by atoms with Crippen LogP contribution in [0, 0.1) is 5.41 Å². The number of amides is 1. The molecule has 1 saturated carbocycles. The molecule has 20 heavy (non-hydrogen) atoms. The van der Waals surface area contributed by atoms with Gasteiger partial charge in [0.05, 0.1) is 5.41 Å². The molecule has 0 unspecified atom stereocenters. The number of aliphatic carboxylic acids is 1. The Morgan fingerprint density at radius 2 is 1.95 bits per heavy atom. The van der Waals surface area contributed by atoms with Crippen LogP contribution in [0.3, 0.4) is 0 Å². The predicted molar refractivity (Wildman–Crippen MR) is 76.5 cm³/mol. The third kappa shape index (κ3) is 5.49. The molecule has 2 N–H and O–H groups in total. The lowest BCUT2D eigenvalue weighted by atomic mass is 9.82. The lowest BCUT2D eigenvalue weighted by molar-refractivity contribution is -0.137. The van der Waals surface area contributed by atoms with Crippen LogP contribution in [0.1, 0.15) is 58.3 Å². The maximum atomic E-state index is 12.4. The van der Waals surface area contributed by atoms with E-state index in [0.717, 1.165) is 38.5 Å². The molecule has 0 atom stereocenters. The highest BCUT2D eigenvalue weighted by Gasteiger charge is 2.40. The van der Waals surface area contributed by atoms with E-state index < -0.39 is 5.97 Å². The number of rotatable bonds is 10. The van der Waals surface area contributed by atoms with E-state index in [4.69, 9.17) is 9.84 Å². The van der Waals surface area contributed by atoms with Crippen molar-refractivity contribution in [3.05, 3.63) is 0 Å². The number of carboxylic acids is 1. The molecule has 0 bridgehead atoms. The van der Waals surface area contributed by atoms with Gasteiger partial charge in [-0.3, -0.25) is 9.59 Å². The first-order chi connectivity index (χ1) is 9.60. The van der Waals surface area contributed by atoms with E-state index in [1.807, 2.05) is 6.92 Å². The normalized spacial score (nSPS) is 17.1. The van der Waals surface area contributed by atoms with Gasteiger partial charge in [0.1, 0.15) is 0 Å². The van der Waals surface area contributed by atoms with Crippen molar-refractivity contribution < 1.29 is 19.4 Å². The number of carboxylic acid groups (broad SMARTS) is 1. The van der Waals surface area contributed by atoms with Crippen LogP contribution < -0.4 is 5.32 Å². The maximum Gasteiger partial charge on any atom is 0.303 e. The summed E-state index contributed by atoms with van der Waals surface area (Å²) in [5.74, 6) is -0.648. The second-order valence-corrected chi connectivity index (χ2v) is 5.54. The third-order valence-electron chi connectivity index (χ3n) is 4.07. The van der Waals surface area contributed by atoms with Crippen molar-refractivity contribution in [2.45, 2.75) is 58.3 Å². The average molecular weight is 285 g/mol. The quantitative estimate of drug-likeness (QED) is 0.604. The van der Waals surface area contributed by atoms with Crippen LogP contribution in [-0.2, 0) is 14.3 Å². The Labute approximate surface area is 121 Å². The van der Waals surface area contributed by atoms with Crippen molar-refractivity contribution in [2.24, 2.45) is 5.41 Å². The van der Waals surface area contributed by atoms with Crippen molar-refractivity contribution in [2.75, 3.05) is 19.8 Å². The van der Waals surface area contributed by atoms with Gasteiger partial charge in [0, 0.05) is 26.2 Å². The highest BCUT2D eigenvalue weighted by atomic mass is 16.5. The lowest BCUT2D eigenvalue weighted by Crippen LogP contribution is -2.40. The van der Waals surface area contributed by atoms with Gasteiger partial charge in [-0.1, -0.05) is 12.8 Å². The van der Waals surface area contributed by atoms with Crippen LogP contribution in [0.15, 0.2) is 0 Å². The van der Waals surface area contributed by atoms with Crippen molar-refractivity contribution in [1.82, 2.24) is 5.32 Å². The molecule has 1 aliphatic rings. The Balaban J connectivity index is 2.31. The topological polar surface area (TPSA) is 75.6 Å².